The number of aromatic nitrogens is 3. The summed E-state index contributed by atoms with van der Waals surface area (Å²) in [5.41, 5.74) is 4.83. The highest BCUT2D eigenvalue weighted by molar-refractivity contribution is 6.88. The van der Waals surface area contributed by atoms with Crippen LogP contribution < -0.4 is 5.32 Å². The Morgan fingerprint density at radius 2 is 1.65 bits per heavy atom. The van der Waals surface area contributed by atoms with Crippen LogP contribution in [-0.4, -0.2) is 22.4 Å². The van der Waals surface area contributed by atoms with E-state index in [1.54, 1.807) is 0 Å². The zero-order valence-corrected chi connectivity index (χ0v) is 17.0. The first kappa shape index (κ1) is 15.8. The molecular formula is C22H23N3Si. The van der Waals surface area contributed by atoms with Crippen LogP contribution in [0.3, 0.4) is 0 Å². The van der Waals surface area contributed by atoms with Crippen LogP contribution in [0.2, 0.25) is 19.6 Å². The summed E-state index contributed by atoms with van der Waals surface area (Å²) in [4.78, 5) is 9.87. The summed E-state index contributed by atoms with van der Waals surface area (Å²) in [6.07, 6.45) is 1.90. The fourth-order valence-electron chi connectivity index (χ4n) is 4.35. The van der Waals surface area contributed by atoms with Crippen molar-refractivity contribution >= 4 is 29.8 Å². The quantitative estimate of drug-likeness (QED) is 0.461. The molecule has 0 radical (unpaired) electrons. The second-order valence-electron chi connectivity index (χ2n) is 8.89. The first-order chi connectivity index (χ1) is 12.3. The van der Waals surface area contributed by atoms with Crippen molar-refractivity contribution in [1.82, 2.24) is 14.4 Å². The average molecular weight is 358 g/mol. The Kier molecular flexibility index (Phi) is 2.93. The van der Waals surface area contributed by atoms with Crippen LogP contribution in [0.15, 0.2) is 48.7 Å². The van der Waals surface area contributed by atoms with Gasteiger partial charge in [-0.05, 0) is 34.5 Å². The molecule has 3 nitrogen and oxygen atoms in total. The average Bonchev–Trinajstić information content (AvgIpc) is 3.00. The third-order valence-electron chi connectivity index (χ3n) is 5.64. The molecule has 130 valence electrons. The highest BCUT2D eigenvalue weighted by atomic mass is 28.3. The predicted octanol–water partition coefficient (Wildman–Crippen LogP) is 4.73. The van der Waals surface area contributed by atoms with E-state index in [4.69, 9.17) is 9.97 Å². The molecule has 1 aliphatic heterocycles. The third-order valence-corrected chi connectivity index (χ3v) is 7.41. The lowest BCUT2D eigenvalue weighted by Gasteiger charge is -2.35. The Bertz CT molecular complexity index is 1200. The summed E-state index contributed by atoms with van der Waals surface area (Å²) >= 11 is 0. The van der Waals surface area contributed by atoms with Crippen LogP contribution in [-0.2, 0) is 5.41 Å². The number of hydrogen-bond donors (Lipinski definition) is 0. The van der Waals surface area contributed by atoms with Crippen molar-refractivity contribution in [2.24, 2.45) is 0 Å². The third kappa shape index (κ3) is 1.93. The molecule has 0 saturated heterocycles. The van der Waals surface area contributed by atoms with E-state index in [0.29, 0.717) is 0 Å². The van der Waals surface area contributed by atoms with Gasteiger partial charge in [0.2, 0.25) is 0 Å². The summed E-state index contributed by atoms with van der Waals surface area (Å²) in [5, 5.41) is 3.85. The van der Waals surface area contributed by atoms with E-state index in [2.05, 4.69) is 74.3 Å². The minimum atomic E-state index is -1.59. The second kappa shape index (κ2) is 4.83. The molecule has 2 aromatic carbocycles. The summed E-state index contributed by atoms with van der Waals surface area (Å²) in [7, 11) is -1.59. The van der Waals surface area contributed by atoms with Crippen molar-refractivity contribution < 1.29 is 0 Å². The Labute approximate surface area is 154 Å². The molecule has 0 N–H and O–H groups in total. The van der Waals surface area contributed by atoms with E-state index in [0.717, 1.165) is 11.5 Å². The van der Waals surface area contributed by atoms with Crippen LogP contribution in [0.4, 0.5) is 0 Å². The highest BCUT2D eigenvalue weighted by Crippen LogP contribution is 2.44. The standard InChI is InChI=1S/C22H23N3Si/c1-22(2)17-13-15-9-7-6-8-14(15)12-16(17)20-23-11-10-18-24-21(26(3,4)5)19(22)25(18)20/h6-13H,1-5H3. The summed E-state index contributed by atoms with van der Waals surface area (Å²) in [6, 6.07) is 15.3. The van der Waals surface area contributed by atoms with Gasteiger partial charge in [-0.2, -0.15) is 0 Å². The van der Waals surface area contributed by atoms with Gasteiger partial charge in [-0.25, -0.2) is 9.97 Å². The zero-order chi connectivity index (χ0) is 18.3. The summed E-state index contributed by atoms with van der Waals surface area (Å²) in [5.74, 6) is 1.02. The van der Waals surface area contributed by atoms with E-state index in [1.165, 1.54) is 32.9 Å². The first-order valence-corrected chi connectivity index (χ1v) is 12.7. The van der Waals surface area contributed by atoms with Gasteiger partial charge in [-0.3, -0.25) is 4.40 Å². The van der Waals surface area contributed by atoms with E-state index in [-0.39, 0.29) is 5.41 Å². The summed E-state index contributed by atoms with van der Waals surface area (Å²) < 4.78 is 2.31. The molecule has 0 fully saturated rings. The number of fused-ring (bicyclic) bond motifs is 3. The normalized spacial score (nSPS) is 15.4. The molecule has 0 spiro atoms. The monoisotopic (exact) mass is 357 g/mol. The van der Waals surface area contributed by atoms with Crippen molar-refractivity contribution in [3.8, 4) is 11.4 Å². The largest absolute Gasteiger partial charge is 0.280 e. The van der Waals surface area contributed by atoms with Crippen LogP contribution in [0.25, 0.3) is 27.8 Å². The zero-order valence-electron chi connectivity index (χ0n) is 16.0. The predicted molar refractivity (Wildman–Crippen MR) is 111 cm³/mol. The van der Waals surface area contributed by atoms with Crippen LogP contribution in [0, 0.1) is 0 Å². The number of nitrogens with zero attached hydrogens (tertiary/aromatic N) is 3. The van der Waals surface area contributed by atoms with Gasteiger partial charge in [0, 0.05) is 22.5 Å². The SMILES string of the molecule is CC1(C)c2cc3ccccc3cc2-c2nccc3nc([Si](C)(C)C)c1n23. The maximum absolute atomic E-state index is 5.09. The Morgan fingerprint density at radius 3 is 2.35 bits per heavy atom. The van der Waals surface area contributed by atoms with Crippen molar-refractivity contribution in [3.63, 3.8) is 0 Å². The van der Waals surface area contributed by atoms with Crippen LogP contribution >= 0.6 is 0 Å². The van der Waals surface area contributed by atoms with Crippen molar-refractivity contribution in [2.75, 3.05) is 0 Å². The number of imidazole rings is 1. The van der Waals surface area contributed by atoms with Gasteiger partial charge in [-0.1, -0.05) is 57.8 Å². The van der Waals surface area contributed by atoms with Gasteiger partial charge in [0.05, 0.1) is 5.69 Å². The van der Waals surface area contributed by atoms with Gasteiger partial charge in [-0.15, -0.1) is 0 Å². The minimum Gasteiger partial charge on any atom is -0.280 e. The molecule has 0 aliphatic carbocycles. The molecular weight excluding hydrogens is 334 g/mol. The molecule has 0 saturated carbocycles. The Morgan fingerprint density at radius 1 is 0.962 bits per heavy atom. The van der Waals surface area contributed by atoms with Gasteiger partial charge in [0.1, 0.15) is 19.5 Å². The van der Waals surface area contributed by atoms with Gasteiger partial charge >= 0.3 is 0 Å². The molecule has 0 bridgehead atoms. The van der Waals surface area contributed by atoms with Crippen molar-refractivity contribution in [2.45, 2.75) is 38.9 Å². The molecule has 1 aliphatic rings. The first-order valence-electron chi connectivity index (χ1n) is 9.20. The highest BCUT2D eigenvalue weighted by Gasteiger charge is 2.40. The molecule has 4 heteroatoms. The molecule has 4 aromatic rings. The fourth-order valence-corrected chi connectivity index (χ4v) is 5.94. The Hall–Kier alpha value is -2.46. The van der Waals surface area contributed by atoms with E-state index < -0.39 is 8.07 Å². The maximum atomic E-state index is 5.09. The van der Waals surface area contributed by atoms with Crippen molar-refractivity contribution in [3.05, 3.63) is 59.9 Å². The molecule has 26 heavy (non-hydrogen) atoms. The molecule has 0 atom stereocenters. The molecule has 0 unspecified atom stereocenters. The van der Waals surface area contributed by atoms with Gasteiger partial charge in [0.15, 0.2) is 0 Å². The number of benzene rings is 2. The van der Waals surface area contributed by atoms with E-state index in [1.807, 2.05) is 12.3 Å². The second-order valence-corrected chi connectivity index (χ2v) is 13.9. The van der Waals surface area contributed by atoms with Crippen molar-refractivity contribution in [1.29, 1.82) is 0 Å². The van der Waals surface area contributed by atoms with E-state index in [9.17, 15) is 0 Å². The van der Waals surface area contributed by atoms with Gasteiger partial charge in [0.25, 0.3) is 0 Å². The molecule has 5 rings (SSSR count). The lowest BCUT2D eigenvalue weighted by molar-refractivity contribution is 0.604. The molecule has 0 amide bonds. The van der Waals surface area contributed by atoms with Gasteiger partial charge < -0.3 is 0 Å². The molecule has 3 heterocycles. The number of rotatable bonds is 1. The fraction of sp³-hybridized carbons (Fsp3) is 0.273. The van der Waals surface area contributed by atoms with Crippen LogP contribution in [0.5, 0.6) is 0 Å². The maximum Gasteiger partial charge on any atom is 0.146 e. The van der Waals surface area contributed by atoms with Crippen LogP contribution in [0.1, 0.15) is 25.1 Å². The topological polar surface area (TPSA) is 30.2 Å². The molecule has 2 aromatic heterocycles. The summed E-state index contributed by atoms with van der Waals surface area (Å²) in [6.45, 7) is 11.8. The minimum absolute atomic E-state index is 0.107. The smallest absolute Gasteiger partial charge is 0.146 e. The lowest BCUT2D eigenvalue weighted by Crippen LogP contribution is -2.45. The Balaban J connectivity index is 1.99. The van der Waals surface area contributed by atoms with E-state index >= 15 is 0 Å². The lowest BCUT2D eigenvalue weighted by atomic mass is 9.76. The number of hydrogen-bond acceptors (Lipinski definition) is 2.